The molecule has 0 aromatic rings. The second kappa shape index (κ2) is 9.63. The first-order chi connectivity index (χ1) is 8.10. The number of hydrogen-bond donors (Lipinski definition) is 2. The third-order valence-electron chi connectivity index (χ3n) is 1.89. The van der Waals surface area contributed by atoms with Crippen molar-refractivity contribution in [1.82, 2.24) is 10.2 Å². The van der Waals surface area contributed by atoms with E-state index in [0.29, 0.717) is 13.2 Å². The van der Waals surface area contributed by atoms with Gasteiger partial charge in [-0.2, -0.15) is 0 Å². The molecule has 0 heterocycles. The zero-order valence-corrected chi connectivity index (χ0v) is 9.94. The lowest BCUT2D eigenvalue weighted by Gasteiger charge is -2.16. The van der Waals surface area contributed by atoms with Crippen LogP contribution in [-0.4, -0.2) is 61.8 Å². The number of aliphatic carboxylic acids is 1. The molecule has 0 spiro atoms. The van der Waals surface area contributed by atoms with E-state index in [0.717, 1.165) is 6.42 Å². The normalized spacial score (nSPS) is 9.94. The van der Waals surface area contributed by atoms with Crippen LogP contribution >= 0.6 is 0 Å². The molecule has 0 saturated heterocycles. The number of carboxylic acids is 1. The van der Waals surface area contributed by atoms with Crippen molar-refractivity contribution in [3.63, 3.8) is 0 Å². The summed E-state index contributed by atoms with van der Waals surface area (Å²) in [6.07, 6.45) is 5.81. The maximum Gasteiger partial charge on any atom is 0.317 e. The molecule has 0 aromatic carbocycles. The average molecular weight is 242 g/mol. The number of carboxylic acid groups (broad SMARTS) is 1. The molecule has 1 amide bonds. The lowest BCUT2D eigenvalue weighted by molar-refractivity contribution is -0.138. The minimum absolute atomic E-state index is 0.0104. The molecule has 0 aliphatic carbocycles. The number of nitrogens with one attached hydrogen (secondary N) is 1. The summed E-state index contributed by atoms with van der Waals surface area (Å²) in [5.41, 5.74) is 0. The van der Waals surface area contributed by atoms with Gasteiger partial charge >= 0.3 is 5.97 Å². The van der Waals surface area contributed by atoms with E-state index in [1.54, 1.807) is 7.11 Å². The molecule has 0 unspecified atom stereocenters. The first kappa shape index (κ1) is 15.4. The van der Waals surface area contributed by atoms with Gasteiger partial charge in [0.05, 0.1) is 19.6 Å². The SMILES string of the molecule is C#CCN(CC(=O)O)CC(=O)NCCCOC. The Morgan fingerprint density at radius 3 is 2.71 bits per heavy atom. The largest absolute Gasteiger partial charge is 0.480 e. The van der Waals surface area contributed by atoms with E-state index in [1.165, 1.54) is 4.90 Å². The van der Waals surface area contributed by atoms with E-state index < -0.39 is 5.97 Å². The lowest BCUT2D eigenvalue weighted by atomic mass is 10.4. The fourth-order valence-electron chi connectivity index (χ4n) is 1.19. The Bertz CT molecular complexity index is 286. The number of terminal acetylenes is 1. The Hall–Kier alpha value is -1.58. The molecule has 0 aliphatic heterocycles. The number of carbonyl (C=O) groups is 2. The number of ether oxygens (including phenoxy) is 1. The van der Waals surface area contributed by atoms with Gasteiger partial charge in [-0.25, -0.2) is 0 Å². The molecule has 0 rings (SSSR count). The van der Waals surface area contributed by atoms with Gasteiger partial charge in [-0.1, -0.05) is 5.92 Å². The number of rotatable bonds is 9. The number of methoxy groups -OCH3 is 1. The molecular formula is C11H18N2O4. The van der Waals surface area contributed by atoms with Crippen LogP contribution in [0.2, 0.25) is 0 Å². The first-order valence-electron chi connectivity index (χ1n) is 5.23. The van der Waals surface area contributed by atoms with Crippen LogP contribution in [0.15, 0.2) is 0 Å². The predicted molar refractivity (Wildman–Crippen MR) is 62.4 cm³/mol. The summed E-state index contributed by atoms with van der Waals surface area (Å²) in [7, 11) is 1.59. The molecule has 0 bridgehead atoms. The van der Waals surface area contributed by atoms with Gasteiger partial charge in [0.25, 0.3) is 0 Å². The standard InChI is InChI=1S/C11H18N2O4/c1-3-6-13(9-11(15)16)8-10(14)12-5-4-7-17-2/h1H,4-9H2,2H3,(H,12,14)(H,15,16). The lowest BCUT2D eigenvalue weighted by Crippen LogP contribution is -2.40. The van der Waals surface area contributed by atoms with Gasteiger partial charge in [0.15, 0.2) is 0 Å². The second-order valence-electron chi connectivity index (χ2n) is 3.44. The van der Waals surface area contributed by atoms with Crippen LogP contribution in [-0.2, 0) is 14.3 Å². The van der Waals surface area contributed by atoms with Crippen LogP contribution in [0.1, 0.15) is 6.42 Å². The number of carbonyl (C=O) groups excluding carboxylic acids is 1. The fraction of sp³-hybridized carbons (Fsp3) is 0.636. The molecule has 0 saturated carbocycles. The van der Waals surface area contributed by atoms with Crippen LogP contribution in [0.4, 0.5) is 0 Å². The zero-order valence-electron chi connectivity index (χ0n) is 9.94. The Kier molecular flexibility index (Phi) is 8.74. The van der Waals surface area contributed by atoms with Crippen LogP contribution in [0.5, 0.6) is 0 Å². The van der Waals surface area contributed by atoms with Crippen molar-refractivity contribution in [2.75, 3.05) is 39.9 Å². The van der Waals surface area contributed by atoms with E-state index in [-0.39, 0.29) is 25.5 Å². The second-order valence-corrected chi connectivity index (χ2v) is 3.44. The molecule has 0 aromatic heterocycles. The molecular weight excluding hydrogens is 224 g/mol. The Balaban J connectivity index is 3.87. The third kappa shape index (κ3) is 9.35. The van der Waals surface area contributed by atoms with Gasteiger partial charge in [0.2, 0.25) is 5.91 Å². The molecule has 17 heavy (non-hydrogen) atoms. The highest BCUT2D eigenvalue weighted by Gasteiger charge is 2.12. The molecule has 6 heteroatoms. The fourth-order valence-corrected chi connectivity index (χ4v) is 1.19. The highest BCUT2D eigenvalue weighted by atomic mass is 16.5. The molecule has 0 aliphatic rings. The summed E-state index contributed by atoms with van der Waals surface area (Å²) in [6, 6.07) is 0. The summed E-state index contributed by atoms with van der Waals surface area (Å²) in [4.78, 5) is 23.3. The predicted octanol–water partition coefficient (Wildman–Crippen LogP) is -0.841. The summed E-state index contributed by atoms with van der Waals surface area (Å²) >= 11 is 0. The topological polar surface area (TPSA) is 78.9 Å². The number of amides is 1. The van der Waals surface area contributed by atoms with Gasteiger partial charge in [-0.05, 0) is 6.42 Å². The zero-order chi connectivity index (χ0) is 13.1. The van der Waals surface area contributed by atoms with E-state index in [2.05, 4.69) is 11.2 Å². The molecule has 0 fully saturated rings. The van der Waals surface area contributed by atoms with E-state index >= 15 is 0 Å². The van der Waals surface area contributed by atoms with Gasteiger partial charge < -0.3 is 15.2 Å². The van der Waals surface area contributed by atoms with Gasteiger partial charge in [-0.3, -0.25) is 14.5 Å². The monoisotopic (exact) mass is 242 g/mol. The van der Waals surface area contributed by atoms with Crippen molar-refractivity contribution in [1.29, 1.82) is 0 Å². The Labute approximate surface area is 101 Å². The van der Waals surface area contributed by atoms with E-state index in [9.17, 15) is 9.59 Å². The van der Waals surface area contributed by atoms with Gasteiger partial charge in [0, 0.05) is 20.3 Å². The summed E-state index contributed by atoms with van der Waals surface area (Å²) in [5.74, 6) is 1.07. The quantitative estimate of drug-likeness (QED) is 0.407. The molecule has 0 atom stereocenters. The third-order valence-corrected chi connectivity index (χ3v) is 1.89. The van der Waals surface area contributed by atoms with Crippen LogP contribution in [0.3, 0.4) is 0 Å². The van der Waals surface area contributed by atoms with Crippen molar-refractivity contribution >= 4 is 11.9 Å². The van der Waals surface area contributed by atoms with E-state index in [1.807, 2.05) is 0 Å². The molecule has 6 nitrogen and oxygen atoms in total. The van der Waals surface area contributed by atoms with Gasteiger partial charge in [-0.15, -0.1) is 6.42 Å². The highest BCUT2D eigenvalue weighted by Crippen LogP contribution is 1.87. The van der Waals surface area contributed by atoms with E-state index in [4.69, 9.17) is 16.3 Å². The summed E-state index contributed by atoms with van der Waals surface area (Å²) in [6.45, 7) is 0.962. The highest BCUT2D eigenvalue weighted by molar-refractivity contribution is 5.79. The first-order valence-corrected chi connectivity index (χ1v) is 5.23. The van der Waals surface area contributed by atoms with Crippen LogP contribution in [0.25, 0.3) is 0 Å². The maximum absolute atomic E-state index is 11.4. The molecule has 0 radical (unpaired) electrons. The van der Waals surface area contributed by atoms with Crippen LogP contribution in [0, 0.1) is 12.3 Å². The molecule has 2 N–H and O–H groups in total. The number of nitrogens with zero attached hydrogens (tertiary/aromatic N) is 1. The summed E-state index contributed by atoms with van der Waals surface area (Å²) in [5, 5.41) is 11.3. The minimum atomic E-state index is -1.01. The average Bonchev–Trinajstić information content (AvgIpc) is 2.24. The summed E-state index contributed by atoms with van der Waals surface area (Å²) < 4.78 is 4.83. The number of hydrogen-bond acceptors (Lipinski definition) is 4. The van der Waals surface area contributed by atoms with Crippen molar-refractivity contribution in [3.05, 3.63) is 0 Å². The smallest absolute Gasteiger partial charge is 0.317 e. The Morgan fingerprint density at radius 2 is 2.18 bits per heavy atom. The Morgan fingerprint density at radius 1 is 1.47 bits per heavy atom. The van der Waals surface area contributed by atoms with Crippen molar-refractivity contribution in [2.24, 2.45) is 0 Å². The van der Waals surface area contributed by atoms with Crippen molar-refractivity contribution < 1.29 is 19.4 Å². The minimum Gasteiger partial charge on any atom is -0.480 e. The molecule has 96 valence electrons. The van der Waals surface area contributed by atoms with Crippen LogP contribution < -0.4 is 5.32 Å². The van der Waals surface area contributed by atoms with Crippen molar-refractivity contribution in [2.45, 2.75) is 6.42 Å². The van der Waals surface area contributed by atoms with Crippen molar-refractivity contribution in [3.8, 4) is 12.3 Å². The van der Waals surface area contributed by atoms with Gasteiger partial charge in [0.1, 0.15) is 0 Å². The maximum atomic E-state index is 11.4.